The summed E-state index contributed by atoms with van der Waals surface area (Å²) >= 11 is 0. The Kier molecular flexibility index (Phi) is 3.78. The highest BCUT2D eigenvalue weighted by Crippen LogP contribution is 2.50. The van der Waals surface area contributed by atoms with Crippen LogP contribution in [-0.2, 0) is 4.79 Å². The molecular formula is C15H25ClN2O. The first-order valence-electron chi connectivity index (χ1n) is 7.86. The van der Waals surface area contributed by atoms with Crippen molar-refractivity contribution in [1.82, 2.24) is 10.2 Å². The topological polar surface area (TPSA) is 32.3 Å². The molecule has 0 aromatic heterocycles. The lowest BCUT2D eigenvalue weighted by Gasteiger charge is -2.28. The number of nitrogens with zero attached hydrogens (tertiary/aromatic N) is 1. The molecule has 108 valence electrons. The third kappa shape index (κ3) is 2.78. The number of carbonyl (C=O) groups excluding carboxylic acids is 1. The summed E-state index contributed by atoms with van der Waals surface area (Å²) in [5.41, 5.74) is 0. The molecule has 2 atom stereocenters. The van der Waals surface area contributed by atoms with Gasteiger partial charge in [0.1, 0.15) is 0 Å². The molecule has 4 fully saturated rings. The maximum Gasteiger partial charge on any atom is 0.226 e. The molecule has 0 spiro atoms. The van der Waals surface area contributed by atoms with Crippen LogP contribution in [0.5, 0.6) is 0 Å². The van der Waals surface area contributed by atoms with Crippen LogP contribution in [0.1, 0.15) is 44.9 Å². The molecule has 2 aliphatic carbocycles. The summed E-state index contributed by atoms with van der Waals surface area (Å²) in [7, 11) is 0. The van der Waals surface area contributed by atoms with Gasteiger partial charge in [-0.2, -0.15) is 0 Å². The van der Waals surface area contributed by atoms with Crippen molar-refractivity contribution in [3.63, 3.8) is 0 Å². The van der Waals surface area contributed by atoms with Gasteiger partial charge in [0.15, 0.2) is 0 Å². The number of rotatable bonds is 3. The summed E-state index contributed by atoms with van der Waals surface area (Å²) in [4.78, 5) is 15.0. The standard InChI is InChI=1S/C15H24N2O.ClH/c18-15(14(10-1-2-10)11-3-4-11)17-8-7-12-5-6-13(9-17)16-12;/h10-14,16H,1-9H2;1H. The van der Waals surface area contributed by atoms with Crippen molar-refractivity contribution in [1.29, 1.82) is 0 Å². The average molecular weight is 285 g/mol. The molecule has 1 amide bonds. The monoisotopic (exact) mass is 284 g/mol. The average Bonchev–Trinajstić information content (AvgIpc) is 3.21. The Bertz CT molecular complexity index is 342. The molecule has 0 radical (unpaired) electrons. The highest BCUT2D eigenvalue weighted by atomic mass is 35.5. The lowest BCUT2D eigenvalue weighted by molar-refractivity contribution is -0.137. The highest BCUT2D eigenvalue weighted by molar-refractivity contribution is 5.85. The molecule has 4 heteroatoms. The van der Waals surface area contributed by atoms with Crippen LogP contribution < -0.4 is 5.32 Å². The molecule has 3 nitrogen and oxygen atoms in total. The number of carbonyl (C=O) groups is 1. The second-order valence-corrected chi connectivity index (χ2v) is 6.91. The van der Waals surface area contributed by atoms with Crippen LogP contribution in [0.3, 0.4) is 0 Å². The molecule has 0 aromatic rings. The van der Waals surface area contributed by atoms with E-state index in [2.05, 4.69) is 10.2 Å². The lowest BCUT2D eigenvalue weighted by Crippen LogP contribution is -2.43. The van der Waals surface area contributed by atoms with E-state index in [1.54, 1.807) is 0 Å². The van der Waals surface area contributed by atoms with Crippen molar-refractivity contribution in [3.05, 3.63) is 0 Å². The molecule has 2 saturated heterocycles. The van der Waals surface area contributed by atoms with Gasteiger partial charge in [0.2, 0.25) is 5.91 Å². The van der Waals surface area contributed by atoms with Crippen LogP contribution in [0.4, 0.5) is 0 Å². The van der Waals surface area contributed by atoms with Gasteiger partial charge >= 0.3 is 0 Å². The van der Waals surface area contributed by atoms with Crippen molar-refractivity contribution in [2.24, 2.45) is 17.8 Å². The predicted octanol–water partition coefficient (Wildman–Crippen LogP) is 2.20. The summed E-state index contributed by atoms with van der Waals surface area (Å²) in [5.74, 6) is 2.41. The first kappa shape index (κ1) is 13.7. The van der Waals surface area contributed by atoms with Gasteiger partial charge in [0, 0.05) is 31.1 Å². The van der Waals surface area contributed by atoms with E-state index in [0.29, 0.717) is 23.9 Å². The SMILES string of the molecule is Cl.O=C(C(C1CC1)C1CC1)N1CCC2CCC(C1)N2. The number of likely N-dealkylation sites (tertiary alicyclic amines) is 1. The quantitative estimate of drug-likeness (QED) is 0.862. The third-order valence-corrected chi connectivity index (χ3v) is 5.38. The summed E-state index contributed by atoms with van der Waals surface area (Å²) in [6, 6.07) is 1.27. The summed E-state index contributed by atoms with van der Waals surface area (Å²) < 4.78 is 0. The fourth-order valence-corrected chi connectivity index (χ4v) is 4.05. The maximum atomic E-state index is 12.8. The van der Waals surface area contributed by atoms with Crippen LogP contribution in [0.25, 0.3) is 0 Å². The Morgan fingerprint density at radius 1 is 0.947 bits per heavy atom. The number of hydrogen-bond acceptors (Lipinski definition) is 2. The van der Waals surface area contributed by atoms with Gasteiger partial charge in [-0.15, -0.1) is 12.4 Å². The minimum absolute atomic E-state index is 0. The van der Waals surface area contributed by atoms with Gasteiger partial charge in [-0.05, 0) is 56.8 Å². The third-order valence-electron chi connectivity index (χ3n) is 5.38. The normalized spacial score (nSPS) is 34.1. The second kappa shape index (κ2) is 5.25. The molecule has 1 N–H and O–H groups in total. The zero-order valence-electron chi connectivity index (χ0n) is 11.5. The fourth-order valence-electron chi connectivity index (χ4n) is 4.05. The van der Waals surface area contributed by atoms with Crippen LogP contribution in [0, 0.1) is 17.8 Å². The van der Waals surface area contributed by atoms with Gasteiger partial charge in [-0.3, -0.25) is 4.79 Å². The van der Waals surface area contributed by atoms with Gasteiger partial charge in [0.05, 0.1) is 0 Å². The van der Waals surface area contributed by atoms with E-state index < -0.39 is 0 Å². The Balaban J connectivity index is 0.00000110. The fraction of sp³-hybridized carbons (Fsp3) is 0.933. The van der Waals surface area contributed by atoms with Crippen molar-refractivity contribution in [2.45, 2.75) is 57.0 Å². The first-order chi connectivity index (χ1) is 8.81. The van der Waals surface area contributed by atoms with Crippen LogP contribution in [-0.4, -0.2) is 36.0 Å². The molecule has 2 bridgehead atoms. The van der Waals surface area contributed by atoms with Gasteiger partial charge < -0.3 is 10.2 Å². The largest absolute Gasteiger partial charge is 0.341 e. The first-order valence-corrected chi connectivity index (χ1v) is 7.86. The number of amides is 1. The minimum atomic E-state index is 0. The number of hydrogen-bond donors (Lipinski definition) is 1. The smallest absolute Gasteiger partial charge is 0.226 e. The summed E-state index contributed by atoms with van der Waals surface area (Å²) in [6.45, 7) is 1.98. The summed E-state index contributed by atoms with van der Waals surface area (Å²) in [6.07, 6.45) is 9.00. The number of halogens is 1. The number of nitrogens with one attached hydrogen (secondary N) is 1. The maximum absolute atomic E-state index is 12.8. The molecule has 2 unspecified atom stereocenters. The van der Waals surface area contributed by atoms with Crippen LogP contribution >= 0.6 is 12.4 Å². The van der Waals surface area contributed by atoms with E-state index in [1.807, 2.05) is 0 Å². The van der Waals surface area contributed by atoms with Crippen molar-refractivity contribution < 1.29 is 4.79 Å². The van der Waals surface area contributed by atoms with E-state index >= 15 is 0 Å². The van der Waals surface area contributed by atoms with E-state index in [4.69, 9.17) is 0 Å². The van der Waals surface area contributed by atoms with Crippen molar-refractivity contribution in [3.8, 4) is 0 Å². The van der Waals surface area contributed by atoms with Crippen LogP contribution in [0.15, 0.2) is 0 Å². The predicted molar refractivity (Wildman–Crippen MR) is 77.3 cm³/mol. The van der Waals surface area contributed by atoms with E-state index in [9.17, 15) is 4.79 Å². The zero-order chi connectivity index (χ0) is 12.1. The Morgan fingerprint density at radius 3 is 2.21 bits per heavy atom. The van der Waals surface area contributed by atoms with Crippen molar-refractivity contribution in [2.75, 3.05) is 13.1 Å². The van der Waals surface area contributed by atoms with Gasteiger partial charge in [-0.1, -0.05) is 0 Å². The molecule has 0 aromatic carbocycles. The van der Waals surface area contributed by atoms with Gasteiger partial charge in [-0.25, -0.2) is 0 Å². The van der Waals surface area contributed by atoms with E-state index in [1.165, 1.54) is 44.9 Å². The molecule has 4 aliphatic rings. The molecular weight excluding hydrogens is 260 g/mol. The van der Waals surface area contributed by atoms with Crippen LogP contribution in [0.2, 0.25) is 0 Å². The highest BCUT2D eigenvalue weighted by Gasteiger charge is 2.47. The van der Waals surface area contributed by atoms with Gasteiger partial charge in [0.25, 0.3) is 0 Å². The Labute approximate surface area is 121 Å². The molecule has 2 heterocycles. The Morgan fingerprint density at radius 2 is 1.58 bits per heavy atom. The number of fused-ring (bicyclic) bond motifs is 2. The molecule has 19 heavy (non-hydrogen) atoms. The molecule has 2 aliphatic heterocycles. The van der Waals surface area contributed by atoms with E-state index in [0.717, 1.165) is 24.9 Å². The zero-order valence-corrected chi connectivity index (χ0v) is 12.3. The Hall–Kier alpha value is -0.280. The molecule has 2 saturated carbocycles. The minimum Gasteiger partial charge on any atom is -0.341 e. The second-order valence-electron chi connectivity index (χ2n) is 6.91. The lowest BCUT2D eigenvalue weighted by atomic mass is 9.95. The van der Waals surface area contributed by atoms with E-state index in [-0.39, 0.29) is 12.4 Å². The summed E-state index contributed by atoms with van der Waals surface area (Å²) in [5, 5.41) is 3.67. The van der Waals surface area contributed by atoms with Crippen molar-refractivity contribution >= 4 is 18.3 Å². The molecule has 4 rings (SSSR count).